The topological polar surface area (TPSA) is 48.5 Å². The molecule has 0 bridgehead atoms. The molecule has 1 saturated heterocycles. The Kier molecular flexibility index (Phi) is 5.05. The summed E-state index contributed by atoms with van der Waals surface area (Å²) in [6, 6.07) is 9.94. The number of carbonyl (C=O) groups excluding carboxylic acids is 1. The number of rotatable bonds is 4. The van der Waals surface area contributed by atoms with E-state index in [1.165, 1.54) is 12.1 Å². The molecule has 1 aromatic carbocycles. The number of hydrogen-bond acceptors (Lipinski definition) is 4. The highest BCUT2D eigenvalue weighted by atomic mass is 19.1. The molecule has 0 atom stereocenters. The van der Waals surface area contributed by atoms with Crippen LogP contribution in [0.15, 0.2) is 42.6 Å². The first-order valence-corrected chi connectivity index (χ1v) is 8.04. The number of nitrogens with zero attached hydrogens (tertiary/aromatic N) is 3. The van der Waals surface area contributed by atoms with E-state index in [9.17, 15) is 9.18 Å². The Labute approximate surface area is 141 Å². The van der Waals surface area contributed by atoms with E-state index in [0.29, 0.717) is 12.2 Å². The van der Waals surface area contributed by atoms with Crippen molar-refractivity contribution in [1.82, 2.24) is 14.8 Å². The number of amides is 1. The highest BCUT2D eigenvalue weighted by Gasteiger charge is 2.21. The molecule has 0 aliphatic carbocycles. The number of piperazine rings is 1. The van der Waals surface area contributed by atoms with Crippen molar-refractivity contribution in [3.63, 3.8) is 0 Å². The van der Waals surface area contributed by atoms with Gasteiger partial charge in [-0.3, -0.25) is 9.78 Å². The third kappa shape index (κ3) is 4.08. The van der Waals surface area contributed by atoms with Crippen molar-refractivity contribution >= 4 is 11.6 Å². The fourth-order valence-electron chi connectivity index (χ4n) is 2.64. The Morgan fingerprint density at radius 2 is 1.88 bits per heavy atom. The zero-order chi connectivity index (χ0) is 16.9. The molecule has 24 heavy (non-hydrogen) atoms. The highest BCUT2D eigenvalue weighted by molar-refractivity contribution is 5.93. The van der Waals surface area contributed by atoms with Crippen LogP contribution in [-0.2, 0) is 6.54 Å². The van der Waals surface area contributed by atoms with Gasteiger partial charge in [-0.2, -0.15) is 0 Å². The van der Waals surface area contributed by atoms with Crippen molar-refractivity contribution in [3.05, 3.63) is 59.7 Å². The molecule has 2 heterocycles. The number of hydrogen-bond donors (Lipinski definition) is 1. The summed E-state index contributed by atoms with van der Waals surface area (Å²) in [5.74, 6) is -0.281. The second-order valence-corrected chi connectivity index (χ2v) is 6.01. The molecule has 6 heteroatoms. The molecule has 1 aromatic heterocycles. The van der Waals surface area contributed by atoms with Crippen LogP contribution in [0.1, 0.15) is 16.1 Å². The fraction of sp³-hybridized carbons (Fsp3) is 0.333. The molecule has 1 aliphatic heterocycles. The Morgan fingerprint density at radius 3 is 2.58 bits per heavy atom. The minimum absolute atomic E-state index is 0.0338. The Balaban J connectivity index is 1.63. The van der Waals surface area contributed by atoms with Crippen LogP contribution in [0.4, 0.5) is 10.1 Å². The Bertz CT molecular complexity index is 696. The van der Waals surface area contributed by atoms with E-state index < -0.39 is 0 Å². The van der Waals surface area contributed by atoms with Gasteiger partial charge in [-0.05, 0) is 36.9 Å². The molecular weight excluding hydrogens is 307 g/mol. The molecule has 1 N–H and O–H groups in total. The zero-order valence-corrected chi connectivity index (χ0v) is 13.7. The predicted molar refractivity (Wildman–Crippen MR) is 91.4 cm³/mol. The van der Waals surface area contributed by atoms with Gasteiger partial charge in [0.25, 0.3) is 5.91 Å². The molecule has 0 saturated carbocycles. The number of likely N-dealkylation sites (N-methyl/N-ethyl adjacent to an activating group) is 1. The van der Waals surface area contributed by atoms with E-state index in [-0.39, 0.29) is 11.7 Å². The fourth-order valence-corrected chi connectivity index (χ4v) is 2.64. The first-order chi connectivity index (χ1) is 11.6. The first-order valence-electron chi connectivity index (χ1n) is 8.04. The molecular formula is C18H21FN4O. The van der Waals surface area contributed by atoms with Gasteiger partial charge in [0.15, 0.2) is 0 Å². The lowest BCUT2D eigenvalue weighted by Gasteiger charge is -2.32. The summed E-state index contributed by atoms with van der Waals surface area (Å²) in [5, 5.41) is 3.24. The number of pyridine rings is 1. The van der Waals surface area contributed by atoms with Gasteiger partial charge in [0.2, 0.25) is 0 Å². The third-order valence-electron chi connectivity index (χ3n) is 4.18. The van der Waals surface area contributed by atoms with Crippen LogP contribution in [0.2, 0.25) is 0 Å². The first kappa shape index (κ1) is 16.4. The van der Waals surface area contributed by atoms with Crippen LogP contribution in [-0.4, -0.2) is 53.9 Å². The number of nitrogens with one attached hydrogen (secondary N) is 1. The second kappa shape index (κ2) is 7.40. The van der Waals surface area contributed by atoms with Crippen LogP contribution >= 0.6 is 0 Å². The lowest BCUT2D eigenvalue weighted by molar-refractivity contribution is 0.0658. The van der Waals surface area contributed by atoms with E-state index in [1.54, 1.807) is 24.4 Å². The molecule has 5 nitrogen and oxygen atoms in total. The predicted octanol–water partition coefficient (Wildman–Crippen LogP) is 2.22. The van der Waals surface area contributed by atoms with Gasteiger partial charge >= 0.3 is 0 Å². The van der Waals surface area contributed by atoms with Crippen molar-refractivity contribution in [2.24, 2.45) is 0 Å². The smallest absolute Gasteiger partial charge is 0.272 e. The molecule has 126 valence electrons. The summed E-state index contributed by atoms with van der Waals surface area (Å²) in [6.45, 7) is 3.78. The number of aromatic nitrogens is 1. The van der Waals surface area contributed by atoms with E-state index in [1.807, 2.05) is 11.0 Å². The van der Waals surface area contributed by atoms with E-state index >= 15 is 0 Å². The van der Waals surface area contributed by atoms with Gasteiger partial charge in [0.05, 0.1) is 0 Å². The number of anilines is 1. The summed E-state index contributed by atoms with van der Waals surface area (Å²) >= 11 is 0. The van der Waals surface area contributed by atoms with Crippen LogP contribution in [0.3, 0.4) is 0 Å². The minimum Gasteiger partial charge on any atom is -0.381 e. The van der Waals surface area contributed by atoms with Gasteiger partial charge in [-0.1, -0.05) is 12.1 Å². The average molecular weight is 328 g/mol. The number of carbonyl (C=O) groups is 1. The van der Waals surface area contributed by atoms with Crippen molar-refractivity contribution in [2.75, 3.05) is 38.5 Å². The summed E-state index contributed by atoms with van der Waals surface area (Å²) in [7, 11) is 2.06. The quantitative estimate of drug-likeness (QED) is 0.935. The van der Waals surface area contributed by atoms with Crippen molar-refractivity contribution in [2.45, 2.75) is 6.54 Å². The van der Waals surface area contributed by atoms with Gasteiger partial charge in [0.1, 0.15) is 11.5 Å². The van der Waals surface area contributed by atoms with Crippen molar-refractivity contribution in [3.8, 4) is 0 Å². The minimum atomic E-state index is -0.247. The largest absolute Gasteiger partial charge is 0.381 e. The molecule has 0 radical (unpaired) electrons. The number of benzene rings is 1. The van der Waals surface area contributed by atoms with Gasteiger partial charge in [-0.25, -0.2) is 4.39 Å². The van der Waals surface area contributed by atoms with E-state index in [4.69, 9.17) is 0 Å². The molecule has 1 amide bonds. The molecule has 3 rings (SSSR count). The Morgan fingerprint density at radius 1 is 1.17 bits per heavy atom. The maximum Gasteiger partial charge on any atom is 0.272 e. The van der Waals surface area contributed by atoms with Gasteiger partial charge in [0, 0.05) is 44.6 Å². The lowest BCUT2D eigenvalue weighted by Crippen LogP contribution is -2.47. The van der Waals surface area contributed by atoms with E-state index in [0.717, 1.165) is 37.4 Å². The Hall–Kier alpha value is -2.47. The van der Waals surface area contributed by atoms with Crippen LogP contribution in [0.25, 0.3) is 0 Å². The SMILES string of the molecule is CN1CCN(C(=O)c2cc(NCc3ccc(F)cc3)ccn2)CC1. The maximum atomic E-state index is 12.9. The third-order valence-corrected chi connectivity index (χ3v) is 4.18. The van der Waals surface area contributed by atoms with Crippen LogP contribution in [0.5, 0.6) is 0 Å². The highest BCUT2D eigenvalue weighted by Crippen LogP contribution is 2.13. The van der Waals surface area contributed by atoms with E-state index in [2.05, 4.69) is 22.2 Å². The molecule has 2 aromatic rings. The van der Waals surface area contributed by atoms with Gasteiger partial charge < -0.3 is 15.1 Å². The molecule has 0 unspecified atom stereocenters. The molecule has 1 fully saturated rings. The summed E-state index contributed by atoms with van der Waals surface area (Å²) in [6.07, 6.45) is 1.64. The summed E-state index contributed by atoms with van der Waals surface area (Å²) in [5.41, 5.74) is 2.25. The zero-order valence-electron chi connectivity index (χ0n) is 13.7. The summed E-state index contributed by atoms with van der Waals surface area (Å²) < 4.78 is 12.9. The van der Waals surface area contributed by atoms with Crippen molar-refractivity contribution < 1.29 is 9.18 Å². The molecule has 0 spiro atoms. The van der Waals surface area contributed by atoms with Gasteiger partial charge in [-0.15, -0.1) is 0 Å². The lowest BCUT2D eigenvalue weighted by atomic mass is 10.2. The molecule has 1 aliphatic rings. The summed E-state index contributed by atoms with van der Waals surface area (Å²) in [4.78, 5) is 20.8. The van der Waals surface area contributed by atoms with Crippen molar-refractivity contribution in [1.29, 1.82) is 0 Å². The van der Waals surface area contributed by atoms with Crippen LogP contribution < -0.4 is 5.32 Å². The normalized spacial score (nSPS) is 15.3. The average Bonchev–Trinajstić information content (AvgIpc) is 2.61. The van der Waals surface area contributed by atoms with Crippen LogP contribution in [0, 0.1) is 5.82 Å². The standard InChI is InChI=1S/C18H21FN4O/c1-22-8-10-23(11-9-22)18(24)17-12-16(6-7-20-17)21-13-14-2-4-15(19)5-3-14/h2-7,12H,8-11,13H2,1H3,(H,20,21). The second-order valence-electron chi connectivity index (χ2n) is 6.01. The number of halogens is 1. The maximum absolute atomic E-state index is 12.9. The monoisotopic (exact) mass is 328 g/mol.